The molecule has 5 aromatic rings. The van der Waals surface area contributed by atoms with Crippen molar-refractivity contribution in [1.82, 2.24) is 24.8 Å². The van der Waals surface area contributed by atoms with Gasteiger partial charge in [-0.05, 0) is 119 Å². The predicted octanol–water partition coefficient (Wildman–Crippen LogP) is 8.86. The van der Waals surface area contributed by atoms with Gasteiger partial charge in [0.1, 0.15) is 22.1 Å². The monoisotopic (exact) mass is 809 g/mol. The van der Waals surface area contributed by atoms with Crippen LogP contribution in [0.4, 0.5) is 0 Å². The van der Waals surface area contributed by atoms with Gasteiger partial charge < -0.3 is 19.3 Å². The minimum atomic E-state index is -1.47. The summed E-state index contributed by atoms with van der Waals surface area (Å²) in [6, 6.07) is 32.5. The topological polar surface area (TPSA) is 107 Å². The van der Waals surface area contributed by atoms with Gasteiger partial charge >= 0.3 is 11.9 Å². The second-order valence-electron chi connectivity index (χ2n) is 16.8. The van der Waals surface area contributed by atoms with Crippen molar-refractivity contribution in [1.29, 1.82) is 0 Å². The second kappa shape index (κ2) is 19.0. The molecular formula is C50H59N5O5. The highest BCUT2D eigenvalue weighted by atomic mass is 16.5. The molecule has 1 aliphatic rings. The summed E-state index contributed by atoms with van der Waals surface area (Å²) in [5.74, 6) is -0.890. The number of hydrogen-bond acceptors (Lipinski definition) is 8. The zero-order chi connectivity index (χ0) is 43.0. The largest absolute Gasteiger partial charge is 0.462 e. The van der Waals surface area contributed by atoms with E-state index in [0.29, 0.717) is 54.1 Å². The van der Waals surface area contributed by atoms with Crippen LogP contribution in [0.25, 0.3) is 16.7 Å². The number of carbonyl (C=O) groups is 3. The summed E-state index contributed by atoms with van der Waals surface area (Å²) >= 11 is 0. The summed E-state index contributed by atoms with van der Waals surface area (Å²) in [4.78, 5) is 45.6. The maximum atomic E-state index is 14.1. The van der Waals surface area contributed by atoms with E-state index in [1.54, 1.807) is 43.9 Å². The molecule has 314 valence electrons. The Labute approximate surface area is 354 Å². The molecule has 4 aromatic carbocycles. The number of likely N-dealkylation sites (N-methyl/N-ethyl adjacent to an activating group) is 1. The van der Waals surface area contributed by atoms with Crippen LogP contribution >= 0.6 is 0 Å². The number of nitrogens with zero attached hydrogens (tertiary/aromatic N) is 5. The Balaban J connectivity index is 1.10. The zero-order valence-electron chi connectivity index (χ0n) is 36.2. The Morgan fingerprint density at radius 2 is 1.52 bits per heavy atom. The highest BCUT2D eigenvalue weighted by molar-refractivity contribution is 6.02. The Morgan fingerprint density at radius 1 is 0.867 bits per heavy atom. The maximum absolute atomic E-state index is 14.1. The quantitative estimate of drug-likeness (QED) is 0.0320. The van der Waals surface area contributed by atoms with E-state index in [9.17, 15) is 14.4 Å². The van der Waals surface area contributed by atoms with Crippen LogP contribution in [0.15, 0.2) is 121 Å². The first-order valence-corrected chi connectivity index (χ1v) is 21.0. The number of hydrogen-bond donors (Lipinski definition) is 0. The van der Waals surface area contributed by atoms with Crippen LogP contribution in [0.2, 0.25) is 0 Å². The van der Waals surface area contributed by atoms with Crippen molar-refractivity contribution in [3.8, 4) is 11.4 Å². The van der Waals surface area contributed by atoms with Crippen LogP contribution in [0, 0.1) is 5.41 Å². The summed E-state index contributed by atoms with van der Waals surface area (Å²) in [7, 11) is 4.39. The lowest BCUT2D eigenvalue weighted by Crippen LogP contribution is -2.49. The summed E-state index contributed by atoms with van der Waals surface area (Å²) in [6.07, 6.45) is 6.89. The third-order valence-corrected chi connectivity index (χ3v) is 12.1. The minimum Gasteiger partial charge on any atom is -0.462 e. The molecule has 2 unspecified atom stereocenters. The van der Waals surface area contributed by atoms with Crippen molar-refractivity contribution in [3.05, 3.63) is 143 Å². The van der Waals surface area contributed by atoms with Gasteiger partial charge in [-0.25, -0.2) is 4.79 Å². The van der Waals surface area contributed by atoms with Crippen LogP contribution in [-0.4, -0.2) is 82.0 Å². The average Bonchev–Trinajstić information content (AvgIpc) is 3.55. The molecular weight excluding hydrogens is 751 g/mol. The smallest absolute Gasteiger partial charge is 0.333 e. The molecule has 6 rings (SSSR count). The first-order chi connectivity index (χ1) is 28.7. The zero-order valence-corrected chi connectivity index (χ0v) is 36.2. The van der Waals surface area contributed by atoms with Crippen LogP contribution in [0.1, 0.15) is 82.1 Å². The van der Waals surface area contributed by atoms with Crippen molar-refractivity contribution in [3.63, 3.8) is 0 Å². The van der Waals surface area contributed by atoms with Crippen molar-refractivity contribution in [2.75, 3.05) is 33.8 Å². The van der Waals surface area contributed by atoms with Gasteiger partial charge in [-0.2, -0.15) is 0 Å². The number of carbonyl (C=O) groups excluding carboxylic acids is 3. The molecule has 0 radical (unpaired) electrons. The van der Waals surface area contributed by atoms with E-state index in [1.165, 1.54) is 27.1 Å². The SMILES string of the molecule is C=C(C)C(=O)OCCc1ccc(OC(=O)C(C)(C)C(=O)N2CCC=C(Cc3ccc(C(C)C(CC)(Cc4ccccc4)N(C)C)cc3)CC2)c(-n2nc3ccccc3n2)c1. The van der Waals surface area contributed by atoms with E-state index >= 15 is 0 Å². The molecule has 10 heteroatoms. The molecule has 0 saturated carbocycles. The first-order valence-electron chi connectivity index (χ1n) is 21.0. The Morgan fingerprint density at radius 3 is 2.15 bits per heavy atom. The third-order valence-electron chi connectivity index (χ3n) is 12.1. The maximum Gasteiger partial charge on any atom is 0.333 e. The van der Waals surface area contributed by atoms with Gasteiger partial charge in [0, 0.05) is 30.6 Å². The van der Waals surface area contributed by atoms with Gasteiger partial charge in [-0.3, -0.25) is 9.59 Å². The molecule has 0 aliphatic carbocycles. The molecule has 1 aromatic heterocycles. The number of benzene rings is 4. The van der Waals surface area contributed by atoms with Gasteiger partial charge in [0.2, 0.25) is 5.91 Å². The molecule has 1 amide bonds. The molecule has 0 spiro atoms. The third kappa shape index (κ3) is 9.93. The van der Waals surface area contributed by atoms with Gasteiger partial charge in [0.15, 0.2) is 5.75 Å². The van der Waals surface area contributed by atoms with Crippen LogP contribution in [-0.2, 0) is 38.4 Å². The van der Waals surface area contributed by atoms with E-state index in [2.05, 4.69) is 110 Å². The Kier molecular flexibility index (Phi) is 13.9. The van der Waals surface area contributed by atoms with Crippen molar-refractivity contribution >= 4 is 28.9 Å². The molecule has 60 heavy (non-hydrogen) atoms. The van der Waals surface area contributed by atoms with Crippen LogP contribution < -0.4 is 4.74 Å². The van der Waals surface area contributed by atoms with E-state index < -0.39 is 17.4 Å². The predicted molar refractivity (Wildman–Crippen MR) is 237 cm³/mol. The molecule has 0 bridgehead atoms. The fourth-order valence-corrected chi connectivity index (χ4v) is 8.20. The molecule has 0 fully saturated rings. The molecule has 0 saturated heterocycles. The van der Waals surface area contributed by atoms with E-state index in [4.69, 9.17) is 9.47 Å². The van der Waals surface area contributed by atoms with E-state index in [-0.39, 0.29) is 23.8 Å². The lowest BCUT2D eigenvalue weighted by Gasteiger charge is -2.45. The Hall–Kier alpha value is -5.87. The minimum absolute atomic E-state index is 0.0220. The first kappa shape index (κ1) is 43.7. The number of fused-ring (bicyclic) bond motifs is 1. The Bertz CT molecular complexity index is 2310. The van der Waals surface area contributed by atoms with E-state index in [0.717, 1.165) is 31.2 Å². The fraction of sp³-hybridized carbons (Fsp3) is 0.380. The lowest BCUT2D eigenvalue weighted by molar-refractivity contribution is -0.156. The summed E-state index contributed by atoms with van der Waals surface area (Å²) in [6.45, 7) is 14.3. The molecule has 0 N–H and O–H groups in total. The number of aromatic nitrogens is 3. The van der Waals surface area contributed by atoms with Gasteiger partial charge in [0.25, 0.3) is 0 Å². The van der Waals surface area contributed by atoms with E-state index in [1.807, 2.05) is 24.3 Å². The lowest BCUT2D eigenvalue weighted by atomic mass is 9.73. The average molecular weight is 810 g/mol. The highest BCUT2D eigenvalue weighted by Gasteiger charge is 2.42. The number of rotatable bonds is 16. The number of amides is 1. The van der Waals surface area contributed by atoms with Crippen molar-refractivity contribution < 1.29 is 23.9 Å². The number of ether oxygens (including phenoxy) is 2. The standard InChI is InChI=1S/C50H59N5O5/c1-9-50(53(7)8,34-40-16-11-10-12-17-40)36(4)41-24-21-38(22-25-41)32-37-18-15-29-54(30-27-37)47(57)49(5,6)48(58)60-45-26-23-39(28-31-59-46(56)35(2)3)33-44(45)55-51-42-19-13-14-20-43(42)52-55/h10-14,16-26,33,36H,2,9,15,27-32,34H2,1,3-8H3. The summed E-state index contributed by atoms with van der Waals surface area (Å²) < 4.78 is 11.3. The second-order valence-corrected chi connectivity index (χ2v) is 16.8. The summed E-state index contributed by atoms with van der Waals surface area (Å²) in [5.41, 5.74) is 6.61. The molecule has 1 aliphatic heterocycles. The van der Waals surface area contributed by atoms with Crippen molar-refractivity contribution in [2.24, 2.45) is 5.41 Å². The van der Waals surface area contributed by atoms with Gasteiger partial charge in [0.05, 0.1) is 6.61 Å². The van der Waals surface area contributed by atoms with Crippen molar-refractivity contribution in [2.45, 2.75) is 84.6 Å². The molecule has 2 heterocycles. The molecule has 2 atom stereocenters. The normalized spacial score (nSPS) is 14.9. The fourth-order valence-electron chi connectivity index (χ4n) is 8.20. The summed E-state index contributed by atoms with van der Waals surface area (Å²) in [5, 5.41) is 9.24. The van der Waals surface area contributed by atoms with Crippen LogP contribution in [0.3, 0.4) is 0 Å². The highest BCUT2D eigenvalue weighted by Crippen LogP contribution is 2.38. The van der Waals surface area contributed by atoms with Gasteiger partial charge in [-0.1, -0.05) is 105 Å². The van der Waals surface area contributed by atoms with Gasteiger partial charge in [-0.15, -0.1) is 15.0 Å². The number of esters is 2. The van der Waals surface area contributed by atoms with Crippen LogP contribution in [0.5, 0.6) is 5.75 Å². The molecule has 10 nitrogen and oxygen atoms in total.